The summed E-state index contributed by atoms with van der Waals surface area (Å²) in [6.07, 6.45) is 1.05. The van der Waals surface area contributed by atoms with E-state index in [4.69, 9.17) is 4.18 Å². The maximum absolute atomic E-state index is 12.3. The monoisotopic (exact) mass is 272 g/mol. The van der Waals surface area contributed by atoms with Gasteiger partial charge in [0.2, 0.25) is 0 Å². The van der Waals surface area contributed by atoms with Crippen LogP contribution in [0.15, 0.2) is 0 Å². The number of fused-ring (bicyclic) bond motifs is 1. The van der Waals surface area contributed by atoms with Crippen LogP contribution in [0.3, 0.4) is 0 Å². The number of rotatable bonds is 2. The van der Waals surface area contributed by atoms with E-state index in [2.05, 4.69) is 27.7 Å². The van der Waals surface area contributed by atoms with Crippen LogP contribution in [0.25, 0.3) is 0 Å². The summed E-state index contributed by atoms with van der Waals surface area (Å²) in [5.74, 6) is 2.36. The molecule has 4 heteroatoms. The van der Waals surface area contributed by atoms with E-state index in [1.807, 2.05) is 6.92 Å². The molecule has 3 fully saturated rings. The third-order valence-electron chi connectivity index (χ3n) is 5.77. The standard InChI is InChI=1S/C14H24O3S/c1-7(2)11-9-6-10-13(11)18(15,16)17-14(10,5)12(9)8(3)4/h7-13H,6H2,1-5H3. The second-order valence-electron chi connectivity index (χ2n) is 7.32. The average molecular weight is 272 g/mol. The summed E-state index contributed by atoms with van der Waals surface area (Å²) in [6, 6.07) is 0. The second kappa shape index (κ2) is 3.51. The number of hydrogen-bond donors (Lipinski definition) is 0. The third-order valence-corrected chi connectivity index (χ3v) is 7.67. The average Bonchev–Trinajstić information content (AvgIpc) is 2.70. The molecule has 3 aliphatic rings. The van der Waals surface area contributed by atoms with E-state index in [-0.39, 0.29) is 11.2 Å². The summed E-state index contributed by atoms with van der Waals surface area (Å²) in [7, 11) is -3.35. The van der Waals surface area contributed by atoms with Gasteiger partial charge in [-0.05, 0) is 42.9 Å². The fourth-order valence-electron chi connectivity index (χ4n) is 5.56. The lowest BCUT2D eigenvalue weighted by Gasteiger charge is -2.41. The molecule has 2 aliphatic carbocycles. The first-order valence-electron chi connectivity index (χ1n) is 7.14. The molecule has 3 rings (SSSR count). The van der Waals surface area contributed by atoms with E-state index < -0.39 is 15.7 Å². The number of hydrogen-bond acceptors (Lipinski definition) is 3. The summed E-state index contributed by atoms with van der Waals surface area (Å²) in [5.41, 5.74) is -0.423. The molecule has 3 nitrogen and oxygen atoms in total. The first-order chi connectivity index (χ1) is 8.20. The van der Waals surface area contributed by atoms with Crippen LogP contribution in [-0.4, -0.2) is 19.3 Å². The summed E-state index contributed by atoms with van der Waals surface area (Å²) in [5, 5.41) is -0.234. The van der Waals surface area contributed by atoms with Crippen molar-refractivity contribution in [3.05, 3.63) is 0 Å². The Labute approximate surface area is 110 Å². The third kappa shape index (κ3) is 1.31. The molecule has 0 N–H and O–H groups in total. The van der Waals surface area contributed by atoms with Crippen LogP contribution in [0.5, 0.6) is 0 Å². The molecule has 104 valence electrons. The summed E-state index contributed by atoms with van der Waals surface area (Å²) in [4.78, 5) is 0. The molecule has 6 atom stereocenters. The van der Waals surface area contributed by atoms with Crippen LogP contribution in [0.4, 0.5) is 0 Å². The summed E-state index contributed by atoms with van der Waals surface area (Å²) < 4.78 is 30.3. The summed E-state index contributed by atoms with van der Waals surface area (Å²) in [6.45, 7) is 10.8. The van der Waals surface area contributed by atoms with Gasteiger partial charge in [-0.15, -0.1) is 0 Å². The minimum atomic E-state index is -3.35. The predicted molar refractivity (Wildman–Crippen MR) is 70.5 cm³/mol. The van der Waals surface area contributed by atoms with Gasteiger partial charge in [-0.25, -0.2) is 0 Å². The van der Waals surface area contributed by atoms with E-state index in [0.29, 0.717) is 29.6 Å². The Morgan fingerprint density at radius 3 is 2.28 bits per heavy atom. The van der Waals surface area contributed by atoms with E-state index in [0.717, 1.165) is 6.42 Å². The van der Waals surface area contributed by atoms with Crippen molar-refractivity contribution >= 4 is 10.1 Å². The molecule has 0 aromatic carbocycles. The predicted octanol–water partition coefficient (Wildman–Crippen LogP) is 2.67. The highest BCUT2D eigenvalue weighted by Gasteiger charge is 2.74. The van der Waals surface area contributed by atoms with Gasteiger partial charge in [-0.2, -0.15) is 8.42 Å². The zero-order valence-corrected chi connectivity index (χ0v) is 12.7. The Morgan fingerprint density at radius 2 is 1.78 bits per heavy atom. The molecular formula is C14H24O3S. The second-order valence-corrected chi connectivity index (χ2v) is 9.02. The lowest BCUT2D eigenvalue weighted by Crippen LogP contribution is -2.47. The van der Waals surface area contributed by atoms with E-state index in [9.17, 15) is 8.42 Å². The molecular weight excluding hydrogens is 248 g/mol. The van der Waals surface area contributed by atoms with Crippen molar-refractivity contribution in [1.29, 1.82) is 0 Å². The molecule has 1 heterocycles. The molecule has 0 aromatic heterocycles. The quantitative estimate of drug-likeness (QED) is 0.726. The van der Waals surface area contributed by atoms with Crippen molar-refractivity contribution in [3.8, 4) is 0 Å². The van der Waals surface area contributed by atoms with Crippen molar-refractivity contribution in [3.63, 3.8) is 0 Å². The molecule has 2 saturated carbocycles. The van der Waals surface area contributed by atoms with Crippen LogP contribution in [0, 0.1) is 35.5 Å². The highest BCUT2D eigenvalue weighted by molar-refractivity contribution is 7.87. The van der Waals surface area contributed by atoms with Gasteiger partial charge < -0.3 is 0 Å². The van der Waals surface area contributed by atoms with E-state index >= 15 is 0 Å². The Bertz CT molecular complexity index is 467. The Balaban J connectivity index is 2.13. The molecule has 0 amide bonds. The molecule has 18 heavy (non-hydrogen) atoms. The topological polar surface area (TPSA) is 43.4 Å². The van der Waals surface area contributed by atoms with Crippen LogP contribution < -0.4 is 0 Å². The van der Waals surface area contributed by atoms with Crippen molar-refractivity contribution in [2.24, 2.45) is 35.5 Å². The zero-order chi connectivity index (χ0) is 13.5. The summed E-state index contributed by atoms with van der Waals surface area (Å²) >= 11 is 0. The van der Waals surface area contributed by atoms with Gasteiger partial charge in [0.1, 0.15) is 0 Å². The van der Waals surface area contributed by atoms with Gasteiger partial charge in [0.05, 0.1) is 10.9 Å². The molecule has 1 saturated heterocycles. The van der Waals surface area contributed by atoms with Gasteiger partial charge >= 0.3 is 0 Å². The van der Waals surface area contributed by atoms with Gasteiger partial charge in [0.25, 0.3) is 10.1 Å². The van der Waals surface area contributed by atoms with Gasteiger partial charge in [-0.3, -0.25) is 4.18 Å². The van der Waals surface area contributed by atoms with Gasteiger partial charge in [0.15, 0.2) is 0 Å². The normalized spacial score (nSPS) is 52.7. The maximum Gasteiger partial charge on any atom is 0.271 e. The smallest absolute Gasteiger partial charge is 0.263 e. The molecule has 1 aliphatic heterocycles. The molecule has 6 unspecified atom stereocenters. The fourth-order valence-corrected chi connectivity index (χ4v) is 8.09. The Morgan fingerprint density at radius 1 is 1.17 bits per heavy atom. The van der Waals surface area contributed by atoms with Crippen LogP contribution in [-0.2, 0) is 14.3 Å². The van der Waals surface area contributed by atoms with Crippen LogP contribution in [0.2, 0.25) is 0 Å². The first kappa shape index (κ1) is 12.9. The van der Waals surface area contributed by atoms with Crippen molar-refractivity contribution in [1.82, 2.24) is 0 Å². The SMILES string of the molecule is CC(C)C1C2CC3C1S(=O)(=O)OC3(C)C2C(C)C. The van der Waals surface area contributed by atoms with E-state index in [1.54, 1.807) is 0 Å². The minimum Gasteiger partial charge on any atom is -0.263 e. The van der Waals surface area contributed by atoms with Crippen molar-refractivity contribution < 1.29 is 12.6 Å². The highest BCUT2D eigenvalue weighted by Crippen LogP contribution is 2.68. The Hall–Kier alpha value is -0.0900. The molecule has 0 aromatic rings. The van der Waals surface area contributed by atoms with Crippen LogP contribution >= 0.6 is 0 Å². The lowest BCUT2D eigenvalue weighted by atomic mass is 9.65. The highest BCUT2D eigenvalue weighted by atomic mass is 32.2. The van der Waals surface area contributed by atoms with Crippen molar-refractivity contribution in [2.75, 3.05) is 0 Å². The largest absolute Gasteiger partial charge is 0.271 e. The molecule has 0 spiro atoms. The maximum atomic E-state index is 12.3. The zero-order valence-electron chi connectivity index (χ0n) is 11.9. The Kier molecular flexibility index (Phi) is 2.52. The van der Waals surface area contributed by atoms with Gasteiger partial charge in [0, 0.05) is 5.92 Å². The molecule has 0 radical (unpaired) electrons. The minimum absolute atomic E-state index is 0.229. The van der Waals surface area contributed by atoms with Crippen molar-refractivity contribution in [2.45, 2.75) is 51.9 Å². The fraction of sp³-hybridized carbons (Fsp3) is 1.00. The van der Waals surface area contributed by atoms with Crippen LogP contribution in [0.1, 0.15) is 41.0 Å². The van der Waals surface area contributed by atoms with Gasteiger partial charge in [-0.1, -0.05) is 27.7 Å². The lowest BCUT2D eigenvalue weighted by molar-refractivity contribution is -0.0211. The molecule has 2 bridgehead atoms. The first-order valence-corrected chi connectivity index (χ1v) is 8.61. The van der Waals surface area contributed by atoms with E-state index in [1.165, 1.54) is 0 Å².